The summed E-state index contributed by atoms with van der Waals surface area (Å²) in [6.07, 6.45) is -3.64. The molecule has 8 heteroatoms. The Morgan fingerprint density at radius 3 is 2.30 bits per heavy atom. The van der Waals surface area contributed by atoms with E-state index in [4.69, 9.17) is 0 Å². The van der Waals surface area contributed by atoms with Gasteiger partial charge in [-0.1, -0.05) is 0 Å². The molecule has 1 aliphatic carbocycles. The van der Waals surface area contributed by atoms with Gasteiger partial charge in [0.15, 0.2) is 6.10 Å². The number of nitrogens with one attached hydrogen (secondary N) is 1. The first kappa shape index (κ1) is 18.3. The lowest BCUT2D eigenvalue weighted by Gasteiger charge is -2.35. The molecule has 0 spiro atoms. The molecule has 1 saturated heterocycles. The second-order valence-corrected chi connectivity index (χ2v) is 6.89. The number of nitrogens with zero attached hydrogens (tertiary/aromatic N) is 2. The summed E-state index contributed by atoms with van der Waals surface area (Å²) in [5.74, 6) is -0.816. The van der Waals surface area contributed by atoms with Crippen LogP contribution in [0.5, 0.6) is 0 Å². The number of amides is 2. The SMILES string of the molecule is CN(C)C1CCC(NC(=O)N2CCC(C(O)C(F)(F)F)CC2)C1. The van der Waals surface area contributed by atoms with Gasteiger partial charge in [-0.2, -0.15) is 13.2 Å². The van der Waals surface area contributed by atoms with E-state index >= 15 is 0 Å². The maximum Gasteiger partial charge on any atom is 0.414 e. The number of halogens is 3. The highest BCUT2D eigenvalue weighted by Gasteiger charge is 2.44. The van der Waals surface area contributed by atoms with E-state index in [0.717, 1.165) is 19.3 Å². The van der Waals surface area contributed by atoms with Crippen molar-refractivity contribution in [2.24, 2.45) is 5.92 Å². The van der Waals surface area contributed by atoms with Crippen LogP contribution in [0, 0.1) is 5.92 Å². The molecule has 5 nitrogen and oxygen atoms in total. The summed E-state index contributed by atoms with van der Waals surface area (Å²) in [6.45, 7) is 0.515. The van der Waals surface area contributed by atoms with Crippen molar-refractivity contribution in [2.45, 2.75) is 56.5 Å². The maximum atomic E-state index is 12.5. The van der Waals surface area contributed by atoms with Gasteiger partial charge >= 0.3 is 12.2 Å². The Morgan fingerprint density at radius 2 is 1.83 bits per heavy atom. The van der Waals surface area contributed by atoms with Crippen molar-refractivity contribution in [2.75, 3.05) is 27.2 Å². The number of urea groups is 1. The molecular weight excluding hydrogens is 311 g/mol. The molecule has 0 aromatic heterocycles. The monoisotopic (exact) mass is 337 g/mol. The van der Waals surface area contributed by atoms with Crippen molar-refractivity contribution >= 4 is 6.03 Å². The molecule has 2 fully saturated rings. The number of piperidine rings is 1. The molecule has 134 valence electrons. The van der Waals surface area contributed by atoms with E-state index in [1.807, 2.05) is 14.1 Å². The second-order valence-electron chi connectivity index (χ2n) is 6.89. The molecule has 1 saturated carbocycles. The van der Waals surface area contributed by atoms with Crippen LogP contribution in [-0.2, 0) is 0 Å². The highest BCUT2D eigenvalue weighted by Crippen LogP contribution is 2.31. The summed E-state index contributed by atoms with van der Waals surface area (Å²) in [5.41, 5.74) is 0. The molecule has 2 aliphatic rings. The third kappa shape index (κ3) is 4.73. The van der Waals surface area contributed by atoms with E-state index in [1.165, 1.54) is 0 Å². The number of aliphatic hydroxyl groups excluding tert-OH is 1. The first-order valence-corrected chi connectivity index (χ1v) is 8.15. The molecule has 2 amide bonds. The van der Waals surface area contributed by atoms with Crippen molar-refractivity contribution in [1.29, 1.82) is 0 Å². The number of carbonyl (C=O) groups is 1. The highest BCUT2D eigenvalue weighted by atomic mass is 19.4. The van der Waals surface area contributed by atoms with Gasteiger partial charge in [0.05, 0.1) is 0 Å². The van der Waals surface area contributed by atoms with Gasteiger partial charge in [-0.3, -0.25) is 0 Å². The molecule has 3 unspecified atom stereocenters. The fourth-order valence-corrected chi connectivity index (χ4v) is 3.51. The van der Waals surface area contributed by atoms with Gasteiger partial charge in [0, 0.05) is 25.2 Å². The van der Waals surface area contributed by atoms with Gasteiger partial charge in [-0.25, -0.2) is 4.79 Å². The van der Waals surface area contributed by atoms with Gasteiger partial charge in [0.1, 0.15) is 0 Å². The molecule has 0 aromatic rings. The minimum Gasteiger partial charge on any atom is -0.383 e. The molecule has 1 aliphatic heterocycles. The number of aliphatic hydroxyl groups is 1. The summed E-state index contributed by atoms with van der Waals surface area (Å²) in [4.78, 5) is 15.9. The van der Waals surface area contributed by atoms with Crippen LogP contribution in [0.2, 0.25) is 0 Å². The van der Waals surface area contributed by atoms with Gasteiger partial charge in [0.25, 0.3) is 0 Å². The van der Waals surface area contributed by atoms with Gasteiger partial charge in [0.2, 0.25) is 0 Å². The second kappa shape index (κ2) is 7.25. The van der Waals surface area contributed by atoms with E-state index in [9.17, 15) is 23.1 Å². The Labute approximate surface area is 134 Å². The van der Waals surface area contributed by atoms with E-state index in [2.05, 4.69) is 10.2 Å². The molecule has 3 atom stereocenters. The molecule has 1 heterocycles. The van der Waals surface area contributed by atoms with Crippen LogP contribution >= 0.6 is 0 Å². The lowest BCUT2D eigenvalue weighted by atomic mass is 9.91. The number of rotatable bonds is 3. The lowest BCUT2D eigenvalue weighted by molar-refractivity contribution is -0.222. The van der Waals surface area contributed by atoms with Crippen LogP contribution in [0.15, 0.2) is 0 Å². The number of alkyl halides is 3. The predicted molar refractivity (Wildman–Crippen MR) is 80.0 cm³/mol. The largest absolute Gasteiger partial charge is 0.414 e. The van der Waals surface area contributed by atoms with E-state index < -0.39 is 18.2 Å². The number of likely N-dealkylation sites (tertiary alicyclic amines) is 1. The molecule has 0 aromatic carbocycles. The summed E-state index contributed by atoms with van der Waals surface area (Å²) in [6, 6.07) is 0.399. The van der Waals surface area contributed by atoms with Gasteiger partial charge in [-0.05, 0) is 52.1 Å². The number of hydrogen-bond acceptors (Lipinski definition) is 3. The minimum atomic E-state index is -4.58. The first-order valence-electron chi connectivity index (χ1n) is 8.15. The Morgan fingerprint density at radius 1 is 1.22 bits per heavy atom. The minimum absolute atomic E-state index is 0.133. The number of carbonyl (C=O) groups excluding carboxylic acids is 1. The Kier molecular flexibility index (Phi) is 5.78. The summed E-state index contributed by atoms with van der Waals surface area (Å²) >= 11 is 0. The molecule has 2 N–H and O–H groups in total. The normalized spacial score (nSPS) is 28.2. The average Bonchev–Trinajstić information content (AvgIpc) is 2.94. The Bertz CT molecular complexity index is 409. The van der Waals surface area contributed by atoms with Crippen LogP contribution in [-0.4, -0.2) is 72.5 Å². The fraction of sp³-hybridized carbons (Fsp3) is 0.933. The topological polar surface area (TPSA) is 55.8 Å². The average molecular weight is 337 g/mol. The molecular formula is C15H26F3N3O2. The molecule has 0 radical (unpaired) electrons. The quantitative estimate of drug-likeness (QED) is 0.826. The summed E-state index contributed by atoms with van der Waals surface area (Å²) in [7, 11) is 4.04. The van der Waals surface area contributed by atoms with Crippen molar-refractivity contribution in [3.8, 4) is 0 Å². The van der Waals surface area contributed by atoms with Crippen LogP contribution in [0.1, 0.15) is 32.1 Å². The summed E-state index contributed by atoms with van der Waals surface area (Å²) in [5, 5.41) is 12.3. The van der Waals surface area contributed by atoms with Crippen molar-refractivity contribution in [3.05, 3.63) is 0 Å². The maximum absolute atomic E-state index is 12.5. The van der Waals surface area contributed by atoms with Gasteiger partial charge < -0.3 is 20.2 Å². The molecule has 23 heavy (non-hydrogen) atoms. The molecule has 2 rings (SSSR count). The van der Waals surface area contributed by atoms with E-state index in [-0.39, 0.29) is 38.0 Å². The Balaban J connectivity index is 1.76. The summed E-state index contributed by atoms with van der Waals surface area (Å²) < 4.78 is 37.5. The lowest BCUT2D eigenvalue weighted by Crippen LogP contribution is -2.50. The van der Waals surface area contributed by atoms with Crippen molar-refractivity contribution in [1.82, 2.24) is 15.1 Å². The smallest absolute Gasteiger partial charge is 0.383 e. The van der Waals surface area contributed by atoms with Crippen molar-refractivity contribution < 1.29 is 23.1 Å². The Hall–Kier alpha value is -1.02. The van der Waals surface area contributed by atoms with E-state index in [1.54, 1.807) is 4.90 Å². The third-order valence-corrected chi connectivity index (χ3v) is 5.07. The van der Waals surface area contributed by atoms with Gasteiger partial charge in [-0.15, -0.1) is 0 Å². The van der Waals surface area contributed by atoms with Crippen LogP contribution in [0.3, 0.4) is 0 Å². The molecule has 0 bridgehead atoms. The zero-order valence-electron chi connectivity index (χ0n) is 13.6. The fourth-order valence-electron chi connectivity index (χ4n) is 3.51. The zero-order valence-corrected chi connectivity index (χ0v) is 13.6. The van der Waals surface area contributed by atoms with Crippen LogP contribution in [0.25, 0.3) is 0 Å². The van der Waals surface area contributed by atoms with Crippen molar-refractivity contribution in [3.63, 3.8) is 0 Å². The van der Waals surface area contributed by atoms with Crippen LogP contribution in [0.4, 0.5) is 18.0 Å². The third-order valence-electron chi connectivity index (χ3n) is 5.07. The predicted octanol–water partition coefficient (Wildman–Crippen LogP) is 1.81. The van der Waals surface area contributed by atoms with E-state index in [0.29, 0.717) is 6.04 Å². The standard InChI is InChI=1S/C15H26F3N3O2/c1-20(2)12-4-3-11(9-12)19-14(23)21-7-5-10(6-8-21)13(22)15(16,17)18/h10-13,22H,3-9H2,1-2H3,(H,19,23). The van der Waals surface area contributed by atoms with Crippen LogP contribution < -0.4 is 5.32 Å². The zero-order chi connectivity index (χ0) is 17.2. The first-order chi connectivity index (χ1) is 10.7. The highest BCUT2D eigenvalue weighted by molar-refractivity contribution is 5.74. The number of hydrogen-bond donors (Lipinski definition) is 2.